The number of piperidine rings is 1. The number of hydrogen-bond donors (Lipinski definition) is 1. The number of ether oxygens (including phenoxy) is 1. The number of fused-ring (bicyclic) bond motifs is 1. The van der Waals surface area contributed by atoms with Crippen LogP contribution in [0.4, 0.5) is 19.0 Å². The fourth-order valence-electron chi connectivity index (χ4n) is 4.50. The van der Waals surface area contributed by atoms with E-state index in [1.807, 2.05) is 19.9 Å². The summed E-state index contributed by atoms with van der Waals surface area (Å²) in [5.41, 5.74) is 1.85. The molecule has 1 aliphatic carbocycles. The zero-order valence-electron chi connectivity index (χ0n) is 16.1. The quantitative estimate of drug-likeness (QED) is 0.842. The Morgan fingerprint density at radius 1 is 1.29 bits per heavy atom. The lowest BCUT2D eigenvalue weighted by atomic mass is 9.83. The van der Waals surface area contributed by atoms with Crippen LogP contribution in [-0.2, 0) is 16.9 Å². The minimum atomic E-state index is -4.07. The maximum atomic E-state index is 12.8. The summed E-state index contributed by atoms with van der Waals surface area (Å²) in [5, 5.41) is 12.8. The van der Waals surface area contributed by atoms with Crippen molar-refractivity contribution in [3.63, 3.8) is 0 Å². The number of anilines is 1. The SMILES string of the molecule is CC1(C)OCc2cc(C#N)c(NC3CC(N4CCC(C(F)(F)F)CC4)C3)nc21. The van der Waals surface area contributed by atoms with Crippen LogP contribution in [0.1, 0.15) is 56.4 Å². The van der Waals surface area contributed by atoms with Crippen molar-refractivity contribution in [2.24, 2.45) is 5.92 Å². The summed E-state index contributed by atoms with van der Waals surface area (Å²) in [7, 11) is 0. The summed E-state index contributed by atoms with van der Waals surface area (Å²) >= 11 is 0. The number of nitrogens with zero attached hydrogens (tertiary/aromatic N) is 3. The molecule has 152 valence electrons. The van der Waals surface area contributed by atoms with Crippen molar-refractivity contribution >= 4 is 5.82 Å². The molecule has 0 atom stereocenters. The molecule has 1 aromatic rings. The predicted molar refractivity (Wildman–Crippen MR) is 97.6 cm³/mol. The van der Waals surface area contributed by atoms with E-state index in [2.05, 4.69) is 21.3 Å². The van der Waals surface area contributed by atoms with Gasteiger partial charge in [0, 0.05) is 17.6 Å². The van der Waals surface area contributed by atoms with Crippen molar-refractivity contribution in [3.05, 3.63) is 22.9 Å². The average Bonchev–Trinajstić information content (AvgIpc) is 2.90. The van der Waals surface area contributed by atoms with Crippen molar-refractivity contribution < 1.29 is 17.9 Å². The molecule has 8 heteroatoms. The summed E-state index contributed by atoms with van der Waals surface area (Å²) in [6.45, 7) is 5.40. The lowest BCUT2D eigenvalue weighted by molar-refractivity contribution is -0.187. The van der Waals surface area contributed by atoms with Crippen molar-refractivity contribution in [2.45, 2.75) is 70.0 Å². The Labute approximate surface area is 162 Å². The first-order valence-electron chi connectivity index (χ1n) is 9.83. The predicted octanol–water partition coefficient (Wildman–Crippen LogP) is 3.94. The Morgan fingerprint density at radius 2 is 1.96 bits per heavy atom. The Hall–Kier alpha value is -1.85. The highest BCUT2D eigenvalue weighted by atomic mass is 19.4. The molecule has 0 spiro atoms. The molecule has 1 saturated carbocycles. The fraction of sp³-hybridized carbons (Fsp3) is 0.700. The van der Waals surface area contributed by atoms with E-state index in [1.54, 1.807) is 0 Å². The number of pyridine rings is 1. The highest BCUT2D eigenvalue weighted by Crippen LogP contribution is 2.39. The molecule has 2 aliphatic heterocycles. The van der Waals surface area contributed by atoms with E-state index in [4.69, 9.17) is 4.74 Å². The first-order valence-corrected chi connectivity index (χ1v) is 9.83. The van der Waals surface area contributed by atoms with Crippen LogP contribution in [0.25, 0.3) is 0 Å². The highest BCUT2D eigenvalue weighted by molar-refractivity contribution is 5.56. The maximum Gasteiger partial charge on any atom is 0.391 e. The standard InChI is InChI=1S/C20H25F3N4O/c1-19(2)17-13(11-28-19)7-12(10-24)18(26-17)25-15-8-16(9-15)27-5-3-14(4-6-27)20(21,22)23/h7,14-16H,3-6,8-9,11H2,1-2H3,(H,25,26). The Bertz CT molecular complexity index is 788. The van der Waals surface area contributed by atoms with Crippen molar-refractivity contribution in [1.82, 2.24) is 9.88 Å². The van der Waals surface area contributed by atoms with Crippen LogP contribution in [-0.4, -0.2) is 41.2 Å². The highest BCUT2D eigenvalue weighted by Gasteiger charge is 2.43. The summed E-state index contributed by atoms with van der Waals surface area (Å²) in [5.74, 6) is -0.573. The van der Waals surface area contributed by atoms with E-state index in [0.717, 1.165) is 24.1 Å². The molecule has 5 nitrogen and oxygen atoms in total. The van der Waals surface area contributed by atoms with Crippen molar-refractivity contribution in [2.75, 3.05) is 18.4 Å². The van der Waals surface area contributed by atoms with Crippen LogP contribution in [0.3, 0.4) is 0 Å². The van der Waals surface area contributed by atoms with Crippen molar-refractivity contribution in [3.8, 4) is 6.07 Å². The van der Waals surface area contributed by atoms with E-state index in [0.29, 0.717) is 37.1 Å². The topological polar surface area (TPSA) is 61.2 Å². The Morgan fingerprint density at radius 3 is 2.57 bits per heavy atom. The summed E-state index contributed by atoms with van der Waals surface area (Å²) in [6.07, 6.45) is -1.96. The number of aromatic nitrogens is 1. The van der Waals surface area contributed by atoms with Gasteiger partial charge < -0.3 is 15.0 Å². The fourth-order valence-corrected chi connectivity index (χ4v) is 4.50. The van der Waals surface area contributed by atoms with Gasteiger partial charge in [0.05, 0.1) is 23.8 Å². The van der Waals surface area contributed by atoms with Gasteiger partial charge >= 0.3 is 6.18 Å². The molecular weight excluding hydrogens is 369 g/mol. The van der Waals surface area contributed by atoms with Gasteiger partial charge in [0.1, 0.15) is 17.5 Å². The van der Waals surface area contributed by atoms with Crippen LogP contribution in [0.2, 0.25) is 0 Å². The van der Waals surface area contributed by atoms with E-state index in [1.165, 1.54) is 0 Å². The minimum Gasteiger partial charge on any atom is -0.366 e. The van der Waals surface area contributed by atoms with Crippen LogP contribution in [0.5, 0.6) is 0 Å². The number of likely N-dealkylation sites (tertiary alicyclic amines) is 1. The van der Waals surface area contributed by atoms with E-state index in [-0.39, 0.29) is 18.9 Å². The zero-order valence-corrected chi connectivity index (χ0v) is 16.1. The number of halogens is 3. The second-order valence-corrected chi connectivity index (χ2v) is 8.62. The van der Waals surface area contributed by atoms with Crippen LogP contribution < -0.4 is 5.32 Å². The molecule has 28 heavy (non-hydrogen) atoms. The van der Waals surface area contributed by atoms with Gasteiger partial charge in [-0.25, -0.2) is 4.98 Å². The third-order valence-electron chi connectivity index (χ3n) is 6.34. The summed E-state index contributed by atoms with van der Waals surface area (Å²) < 4.78 is 44.2. The maximum absolute atomic E-state index is 12.8. The van der Waals surface area contributed by atoms with Gasteiger partial charge in [-0.05, 0) is 58.7 Å². The van der Waals surface area contributed by atoms with E-state index < -0.39 is 17.7 Å². The molecule has 1 N–H and O–H groups in total. The van der Waals surface area contributed by atoms with Gasteiger partial charge in [-0.2, -0.15) is 18.4 Å². The van der Waals surface area contributed by atoms with Gasteiger partial charge in [0.15, 0.2) is 0 Å². The molecule has 1 aromatic heterocycles. The first-order chi connectivity index (χ1) is 13.2. The number of nitrogens with one attached hydrogen (secondary N) is 1. The second kappa shape index (κ2) is 6.89. The molecule has 1 saturated heterocycles. The molecule has 2 fully saturated rings. The van der Waals surface area contributed by atoms with Gasteiger partial charge in [-0.1, -0.05) is 0 Å². The number of rotatable bonds is 3. The summed E-state index contributed by atoms with van der Waals surface area (Å²) in [4.78, 5) is 6.86. The molecule has 0 amide bonds. The molecule has 4 rings (SSSR count). The molecular formula is C20H25F3N4O. The largest absolute Gasteiger partial charge is 0.391 e. The van der Waals surface area contributed by atoms with Gasteiger partial charge in [-0.3, -0.25) is 0 Å². The number of alkyl halides is 3. The second-order valence-electron chi connectivity index (χ2n) is 8.62. The van der Waals surface area contributed by atoms with Gasteiger partial charge in [-0.15, -0.1) is 0 Å². The number of hydrogen-bond acceptors (Lipinski definition) is 5. The third-order valence-corrected chi connectivity index (χ3v) is 6.34. The minimum absolute atomic E-state index is 0.188. The molecule has 3 aliphatic rings. The van der Waals surface area contributed by atoms with Gasteiger partial charge in [0.25, 0.3) is 0 Å². The lowest BCUT2D eigenvalue weighted by Crippen LogP contribution is -2.53. The van der Waals surface area contributed by atoms with Crippen LogP contribution in [0, 0.1) is 17.2 Å². The molecule has 3 heterocycles. The van der Waals surface area contributed by atoms with E-state index in [9.17, 15) is 18.4 Å². The summed E-state index contributed by atoms with van der Waals surface area (Å²) in [6, 6.07) is 4.55. The lowest BCUT2D eigenvalue weighted by Gasteiger charge is -2.46. The van der Waals surface area contributed by atoms with Crippen molar-refractivity contribution in [1.29, 1.82) is 5.26 Å². The Kier molecular flexibility index (Phi) is 4.79. The van der Waals surface area contributed by atoms with E-state index >= 15 is 0 Å². The smallest absolute Gasteiger partial charge is 0.366 e. The molecule has 0 radical (unpaired) electrons. The Balaban J connectivity index is 1.35. The number of nitriles is 1. The molecule has 0 unspecified atom stereocenters. The zero-order chi connectivity index (χ0) is 20.1. The molecule has 0 bridgehead atoms. The monoisotopic (exact) mass is 394 g/mol. The average molecular weight is 394 g/mol. The third kappa shape index (κ3) is 3.58. The van der Waals surface area contributed by atoms with Crippen LogP contribution >= 0.6 is 0 Å². The van der Waals surface area contributed by atoms with Crippen LogP contribution in [0.15, 0.2) is 6.07 Å². The van der Waals surface area contributed by atoms with Gasteiger partial charge in [0.2, 0.25) is 0 Å². The first kappa shape index (κ1) is 19.5. The molecule has 0 aromatic carbocycles. The normalized spacial score (nSPS) is 27.7.